The van der Waals surface area contributed by atoms with Crippen molar-refractivity contribution in [2.75, 3.05) is 13.1 Å². The van der Waals surface area contributed by atoms with Crippen LogP contribution in [-0.2, 0) is 4.79 Å². The molecule has 1 fully saturated rings. The largest absolute Gasteiger partial charge is 0.480 e. The molecule has 0 aliphatic carbocycles. The monoisotopic (exact) mass is 211 g/mol. The molecule has 3 nitrogen and oxygen atoms in total. The van der Waals surface area contributed by atoms with Crippen molar-refractivity contribution >= 4 is 5.97 Å². The molecule has 1 heterocycles. The SMILES string of the molecule is C=C(CC)CN1CCCCC1(C)C(=O)O. The van der Waals surface area contributed by atoms with Crippen LogP contribution in [0.15, 0.2) is 12.2 Å². The van der Waals surface area contributed by atoms with Crippen LogP contribution in [0.4, 0.5) is 0 Å². The Bertz CT molecular complexity index is 262. The van der Waals surface area contributed by atoms with Crippen molar-refractivity contribution in [1.29, 1.82) is 0 Å². The van der Waals surface area contributed by atoms with E-state index in [2.05, 4.69) is 18.4 Å². The Morgan fingerprint density at radius 2 is 2.20 bits per heavy atom. The van der Waals surface area contributed by atoms with E-state index in [1.807, 2.05) is 6.92 Å². The fourth-order valence-corrected chi connectivity index (χ4v) is 2.05. The lowest BCUT2D eigenvalue weighted by Crippen LogP contribution is -2.55. The molecule has 86 valence electrons. The number of carboxylic acids is 1. The first-order valence-electron chi connectivity index (χ1n) is 5.66. The van der Waals surface area contributed by atoms with Gasteiger partial charge in [-0.3, -0.25) is 9.69 Å². The van der Waals surface area contributed by atoms with Gasteiger partial charge in [0, 0.05) is 6.54 Å². The average Bonchev–Trinajstić information content (AvgIpc) is 2.21. The van der Waals surface area contributed by atoms with Gasteiger partial charge in [0.15, 0.2) is 0 Å². The minimum atomic E-state index is -0.703. The molecule has 1 atom stereocenters. The summed E-state index contributed by atoms with van der Waals surface area (Å²) in [5.41, 5.74) is 0.431. The Kier molecular flexibility index (Phi) is 3.91. The fraction of sp³-hybridized carbons (Fsp3) is 0.750. The van der Waals surface area contributed by atoms with E-state index in [1.165, 1.54) is 0 Å². The molecule has 1 unspecified atom stereocenters. The Morgan fingerprint density at radius 1 is 1.53 bits per heavy atom. The van der Waals surface area contributed by atoms with E-state index in [4.69, 9.17) is 0 Å². The third-order valence-electron chi connectivity index (χ3n) is 3.41. The first-order valence-corrected chi connectivity index (χ1v) is 5.66. The highest BCUT2D eigenvalue weighted by Crippen LogP contribution is 2.28. The Morgan fingerprint density at radius 3 is 2.73 bits per heavy atom. The molecule has 0 aromatic carbocycles. The van der Waals surface area contributed by atoms with Gasteiger partial charge < -0.3 is 5.11 Å². The maximum Gasteiger partial charge on any atom is 0.323 e. The standard InChI is InChI=1S/C12H21NO2/c1-4-10(2)9-13-8-6-5-7-12(13,3)11(14)15/h2,4-9H2,1,3H3,(H,14,15). The third kappa shape index (κ3) is 2.59. The predicted octanol–water partition coefficient (Wildman–Crippen LogP) is 2.28. The van der Waals surface area contributed by atoms with Crippen molar-refractivity contribution in [3.05, 3.63) is 12.2 Å². The number of hydrogen-bond donors (Lipinski definition) is 1. The van der Waals surface area contributed by atoms with E-state index >= 15 is 0 Å². The quantitative estimate of drug-likeness (QED) is 0.725. The van der Waals surface area contributed by atoms with Crippen molar-refractivity contribution < 1.29 is 9.90 Å². The molecule has 0 spiro atoms. The second-order valence-corrected chi connectivity index (χ2v) is 4.56. The second-order valence-electron chi connectivity index (χ2n) is 4.56. The van der Waals surface area contributed by atoms with E-state index in [1.54, 1.807) is 0 Å². The smallest absolute Gasteiger partial charge is 0.323 e. The fourth-order valence-electron chi connectivity index (χ4n) is 2.05. The number of rotatable bonds is 4. The van der Waals surface area contributed by atoms with Crippen LogP contribution in [0.25, 0.3) is 0 Å². The molecule has 0 radical (unpaired) electrons. The van der Waals surface area contributed by atoms with Gasteiger partial charge in [0.25, 0.3) is 0 Å². The first kappa shape index (κ1) is 12.2. The first-order chi connectivity index (χ1) is 7.00. The Labute approximate surface area is 91.8 Å². The van der Waals surface area contributed by atoms with Crippen molar-refractivity contribution in [3.8, 4) is 0 Å². The van der Waals surface area contributed by atoms with Crippen LogP contribution in [0.5, 0.6) is 0 Å². The van der Waals surface area contributed by atoms with Crippen LogP contribution in [0.3, 0.4) is 0 Å². The number of likely N-dealkylation sites (tertiary alicyclic amines) is 1. The van der Waals surface area contributed by atoms with Gasteiger partial charge in [-0.2, -0.15) is 0 Å². The van der Waals surface area contributed by atoms with E-state index < -0.39 is 11.5 Å². The topological polar surface area (TPSA) is 40.5 Å². The lowest BCUT2D eigenvalue weighted by atomic mass is 9.88. The van der Waals surface area contributed by atoms with Crippen LogP contribution in [-0.4, -0.2) is 34.6 Å². The van der Waals surface area contributed by atoms with Gasteiger partial charge in [0.05, 0.1) is 0 Å². The highest BCUT2D eigenvalue weighted by Gasteiger charge is 2.40. The molecule has 1 saturated heterocycles. The van der Waals surface area contributed by atoms with Gasteiger partial charge in [0.2, 0.25) is 0 Å². The van der Waals surface area contributed by atoms with E-state index in [0.29, 0.717) is 0 Å². The Hall–Kier alpha value is -0.830. The van der Waals surface area contributed by atoms with Gasteiger partial charge in [-0.1, -0.05) is 19.1 Å². The van der Waals surface area contributed by atoms with Crippen molar-refractivity contribution in [2.45, 2.75) is 45.1 Å². The van der Waals surface area contributed by atoms with Crippen LogP contribution >= 0.6 is 0 Å². The maximum absolute atomic E-state index is 11.3. The predicted molar refractivity (Wildman–Crippen MR) is 60.9 cm³/mol. The summed E-state index contributed by atoms with van der Waals surface area (Å²) in [6.07, 6.45) is 3.78. The molecule has 15 heavy (non-hydrogen) atoms. The van der Waals surface area contributed by atoms with E-state index in [-0.39, 0.29) is 0 Å². The molecule has 1 aliphatic rings. The molecule has 1 aliphatic heterocycles. The molecular formula is C12H21NO2. The van der Waals surface area contributed by atoms with Crippen molar-refractivity contribution in [3.63, 3.8) is 0 Å². The Balaban J connectivity index is 2.74. The minimum absolute atomic E-state index is 0.684. The number of hydrogen-bond acceptors (Lipinski definition) is 2. The normalized spacial score (nSPS) is 27.6. The molecule has 1 N–H and O–H groups in total. The van der Waals surface area contributed by atoms with Gasteiger partial charge in [0.1, 0.15) is 5.54 Å². The third-order valence-corrected chi connectivity index (χ3v) is 3.41. The summed E-state index contributed by atoms with van der Waals surface area (Å²) >= 11 is 0. The zero-order chi connectivity index (χ0) is 11.5. The minimum Gasteiger partial charge on any atom is -0.480 e. The van der Waals surface area contributed by atoms with Crippen molar-refractivity contribution in [1.82, 2.24) is 4.90 Å². The summed E-state index contributed by atoms with van der Waals surface area (Å²) in [4.78, 5) is 13.3. The highest BCUT2D eigenvalue weighted by atomic mass is 16.4. The van der Waals surface area contributed by atoms with Gasteiger partial charge >= 0.3 is 5.97 Å². The van der Waals surface area contributed by atoms with Crippen LogP contribution in [0, 0.1) is 0 Å². The zero-order valence-corrected chi connectivity index (χ0v) is 9.75. The lowest BCUT2D eigenvalue weighted by molar-refractivity contribution is -0.152. The van der Waals surface area contributed by atoms with Gasteiger partial charge in [-0.15, -0.1) is 0 Å². The summed E-state index contributed by atoms with van der Waals surface area (Å²) in [6, 6.07) is 0. The molecular weight excluding hydrogens is 190 g/mol. The molecule has 0 bridgehead atoms. The summed E-state index contributed by atoms with van der Waals surface area (Å²) in [5, 5.41) is 9.28. The summed E-state index contributed by atoms with van der Waals surface area (Å²) in [7, 11) is 0. The highest BCUT2D eigenvalue weighted by molar-refractivity contribution is 5.78. The number of piperidine rings is 1. The lowest BCUT2D eigenvalue weighted by Gasteiger charge is -2.41. The molecule has 0 saturated carbocycles. The number of carboxylic acid groups (broad SMARTS) is 1. The number of carbonyl (C=O) groups is 1. The number of aliphatic carboxylic acids is 1. The van der Waals surface area contributed by atoms with Crippen LogP contribution in [0.1, 0.15) is 39.5 Å². The van der Waals surface area contributed by atoms with Crippen molar-refractivity contribution in [2.24, 2.45) is 0 Å². The molecule has 3 heteroatoms. The average molecular weight is 211 g/mol. The van der Waals surface area contributed by atoms with Gasteiger partial charge in [-0.05, 0) is 39.2 Å². The molecule has 0 amide bonds. The van der Waals surface area contributed by atoms with Gasteiger partial charge in [-0.25, -0.2) is 0 Å². The van der Waals surface area contributed by atoms with Crippen LogP contribution in [0.2, 0.25) is 0 Å². The molecule has 0 aromatic rings. The van der Waals surface area contributed by atoms with Crippen LogP contribution < -0.4 is 0 Å². The number of nitrogens with zero attached hydrogens (tertiary/aromatic N) is 1. The van der Waals surface area contributed by atoms with E-state index in [0.717, 1.165) is 44.3 Å². The molecule has 1 rings (SSSR count). The summed E-state index contributed by atoms with van der Waals surface area (Å²) in [5.74, 6) is -0.703. The summed E-state index contributed by atoms with van der Waals surface area (Å²) in [6.45, 7) is 9.45. The second kappa shape index (κ2) is 4.79. The maximum atomic E-state index is 11.3. The molecule has 0 aromatic heterocycles. The summed E-state index contributed by atoms with van der Waals surface area (Å²) < 4.78 is 0. The zero-order valence-electron chi connectivity index (χ0n) is 9.75. The van der Waals surface area contributed by atoms with E-state index in [9.17, 15) is 9.90 Å².